The van der Waals surface area contributed by atoms with E-state index in [0.29, 0.717) is 29.6 Å². The van der Waals surface area contributed by atoms with Crippen LogP contribution in [0.4, 0.5) is 4.39 Å². The normalized spacial score (nSPS) is 10.6. The van der Waals surface area contributed by atoms with Gasteiger partial charge >= 0.3 is 0 Å². The highest BCUT2D eigenvalue weighted by molar-refractivity contribution is 5.65. The van der Waals surface area contributed by atoms with Crippen LogP contribution < -0.4 is 4.74 Å². The lowest BCUT2D eigenvalue weighted by Crippen LogP contribution is -1.98. The summed E-state index contributed by atoms with van der Waals surface area (Å²) in [6, 6.07) is 14.4. The number of aryl methyl sites for hydroxylation is 1. The molecular weight excluding hydrogens is 269 g/mol. The van der Waals surface area contributed by atoms with Crippen LogP contribution in [0.3, 0.4) is 0 Å². The van der Waals surface area contributed by atoms with Crippen molar-refractivity contribution < 1.29 is 13.5 Å². The number of ether oxygens (including phenoxy) is 1. The SMILES string of the molecule is Cc1ncc(-c2c(F)cccc2OCc2ccccc2)o1. The van der Waals surface area contributed by atoms with Crippen LogP contribution in [0.1, 0.15) is 11.5 Å². The third-order valence-electron chi connectivity index (χ3n) is 3.08. The molecule has 0 unspecified atom stereocenters. The number of rotatable bonds is 4. The van der Waals surface area contributed by atoms with Crippen LogP contribution in [0.15, 0.2) is 59.1 Å². The Morgan fingerprint density at radius 3 is 2.62 bits per heavy atom. The van der Waals surface area contributed by atoms with Crippen LogP contribution in [0, 0.1) is 12.7 Å². The van der Waals surface area contributed by atoms with Crippen molar-refractivity contribution in [1.29, 1.82) is 0 Å². The second kappa shape index (κ2) is 5.79. The fourth-order valence-corrected chi connectivity index (χ4v) is 2.08. The van der Waals surface area contributed by atoms with E-state index < -0.39 is 5.82 Å². The molecule has 3 nitrogen and oxygen atoms in total. The van der Waals surface area contributed by atoms with E-state index in [1.165, 1.54) is 12.3 Å². The van der Waals surface area contributed by atoms with Gasteiger partial charge in [0.1, 0.15) is 18.2 Å². The third kappa shape index (κ3) is 2.94. The van der Waals surface area contributed by atoms with E-state index in [1.54, 1.807) is 19.1 Å². The largest absolute Gasteiger partial charge is 0.488 e. The Bertz CT molecular complexity index is 738. The van der Waals surface area contributed by atoms with Gasteiger partial charge in [0.05, 0.1) is 11.8 Å². The zero-order valence-corrected chi connectivity index (χ0v) is 11.5. The van der Waals surface area contributed by atoms with Crippen LogP contribution in [0.5, 0.6) is 5.75 Å². The van der Waals surface area contributed by atoms with Crippen molar-refractivity contribution in [2.24, 2.45) is 0 Å². The fraction of sp³-hybridized carbons (Fsp3) is 0.118. The number of oxazole rings is 1. The minimum Gasteiger partial charge on any atom is -0.488 e. The molecule has 0 bridgehead atoms. The molecule has 3 aromatic rings. The van der Waals surface area contributed by atoms with Crippen LogP contribution in [0.2, 0.25) is 0 Å². The highest BCUT2D eigenvalue weighted by Gasteiger charge is 2.16. The summed E-state index contributed by atoms with van der Waals surface area (Å²) in [5.74, 6) is 0.905. The first-order valence-electron chi connectivity index (χ1n) is 6.62. The third-order valence-corrected chi connectivity index (χ3v) is 3.08. The van der Waals surface area contributed by atoms with Gasteiger partial charge in [-0.05, 0) is 17.7 Å². The highest BCUT2D eigenvalue weighted by Crippen LogP contribution is 2.33. The molecule has 3 rings (SSSR count). The molecule has 0 aliphatic carbocycles. The van der Waals surface area contributed by atoms with E-state index in [9.17, 15) is 4.39 Å². The summed E-state index contributed by atoms with van der Waals surface area (Å²) in [4.78, 5) is 4.00. The topological polar surface area (TPSA) is 35.3 Å². The molecule has 106 valence electrons. The summed E-state index contributed by atoms with van der Waals surface area (Å²) in [5.41, 5.74) is 1.32. The number of halogens is 1. The Labute approximate surface area is 122 Å². The summed E-state index contributed by atoms with van der Waals surface area (Å²) >= 11 is 0. The van der Waals surface area contributed by atoms with Gasteiger partial charge in [-0.3, -0.25) is 0 Å². The fourth-order valence-electron chi connectivity index (χ4n) is 2.08. The van der Waals surface area contributed by atoms with Crippen LogP contribution in [-0.4, -0.2) is 4.98 Å². The zero-order valence-electron chi connectivity index (χ0n) is 11.5. The molecule has 0 saturated carbocycles. The number of hydrogen-bond acceptors (Lipinski definition) is 3. The predicted octanol–water partition coefficient (Wildman–Crippen LogP) is 4.37. The average molecular weight is 283 g/mol. The lowest BCUT2D eigenvalue weighted by molar-refractivity contribution is 0.305. The lowest BCUT2D eigenvalue weighted by atomic mass is 10.1. The molecule has 0 N–H and O–H groups in total. The van der Waals surface area contributed by atoms with Crippen molar-refractivity contribution in [3.8, 4) is 17.1 Å². The number of benzene rings is 2. The van der Waals surface area contributed by atoms with Gasteiger partial charge in [-0.1, -0.05) is 36.4 Å². The van der Waals surface area contributed by atoms with E-state index in [0.717, 1.165) is 5.56 Å². The predicted molar refractivity (Wildman–Crippen MR) is 77.4 cm³/mol. The molecular formula is C17H14FNO2. The maximum atomic E-state index is 14.1. The summed E-state index contributed by atoms with van der Waals surface area (Å²) in [6.45, 7) is 2.08. The first kappa shape index (κ1) is 13.4. The summed E-state index contributed by atoms with van der Waals surface area (Å²) in [5, 5.41) is 0. The maximum Gasteiger partial charge on any atom is 0.191 e. The van der Waals surface area contributed by atoms with Crippen molar-refractivity contribution in [2.75, 3.05) is 0 Å². The first-order valence-corrected chi connectivity index (χ1v) is 6.62. The van der Waals surface area contributed by atoms with Crippen LogP contribution >= 0.6 is 0 Å². The molecule has 0 atom stereocenters. The Morgan fingerprint density at radius 2 is 1.90 bits per heavy atom. The molecule has 1 heterocycles. The van der Waals surface area contributed by atoms with Gasteiger partial charge in [0.15, 0.2) is 11.7 Å². The monoisotopic (exact) mass is 283 g/mol. The van der Waals surface area contributed by atoms with Crippen molar-refractivity contribution in [3.63, 3.8) is 0 Å². The molecule has 0 spiro atoms. The van der Waals surface area contributed by atoms with E-state index >= 15 is 0 Å². The second-order valence-corrected chi connectivity index (χ2v) is 4.63. The van der Waals surface area contributed by atoms with Crippen molar-refractivity contribution >= 4 is 0 Å². The van der Waals surface area contributed by atoms with Crippen LogP contribution in [0.25, 0.3) is 11.3 Å². The number of nitrogens with zero attached hydrogens (tertiary/aromatic N) is 1. The molecule has 0 aliphatic rings. The second-order valence-electron chi connectivity index (χ2n) is 4.63. The van der Waals surface area contributed by atoms with Gasteiger partial charge in [0.2, 0.25) is 0 Å². The molecule has 21 heavy (non-hydrogen) atoms. The molecule has 0 radical (unpaired) electrons. The minimum atomic E-state index is -0.392. The smallest absolute Gasteiger partial charge is 0.191 e. The lowest BCUT2D eigenvalue weighted by Gasteiger charge is -2.10. The van der Waals surface area contributed by atoms with Gasteiger partial charge in [0, 0.05) is 6.92 Å². The molecule has 0 saturated heterocycles. The number of aromatic nitrogens is 1. The maximum absolute atomic E-state index is 14.1. The molecule has 4 heteroatoms. The minimum absolute atomic E-state index is 0.300. The standard InChI is InChI=1S/C17H14FNO2/c1-12-19-10-16(21-12)17-14(18)8-5-9-15(17)20-11-13-6-3-2-4-7-13/h2-10H,11H2,1H3. The van der Waals surface area contributed by atoms with Gasteiger partial charge in [-0.25, -0.2) is 9.37 Å². The summed E-state index contributed by atoms with van der Waals surface area (Å²) < 4.78 is 25.3. The van der Waals surface area contributed by atoms with Gasteiger partial charge in [-0.15, -0.1) is 0 Å². The van der Waals surface area contributed by atoms with Gasteiger partial charge in [0.25, 0.3) is 0 Å². The van der Waals surface area contributed by atoms with E-state index in [4.69, 9.17) is 9.15 Å². The summed E-state index contributed by atoms with van der Waals surface area (Å²) in [6.07, 6.45) is 1.50. The molecule has 0 aliphatic heterocycles. The Balaban J connectivity index is 1.90. The molecule has 1 aromatic heterocycles. The van der Waals surface area contributed by atoms with Crippen molar-refractivity contribution in [1.82, 2.24) is 4.98 Å². The molecule has 0 amide bonds. The first-order chi connectivity index (χ1) is 10.2. The summed E-state index contributed by atoms with van der Waals surface area (Å²) in [7, 11) is 0. The highest BCUT2D eigenvalue weighted by atomic mass is 19.1. The number of hydrogen-bond donors (Lipinski definition) is 0. The molecule has 0 fully saturated rings. The van der Waals surface area contributed by atoms with Crippen molar-refractivity contribution in [3.05, 3.63) is 72.0 Å². The van der Waals surface area contributed by atoms with E-state index in [2.05, 4.69) is 4.98 Å². The molecule has 2 aromatic carbocycles. The quantitative estimate of drug-likeness (QED) is 0.713. The van der Waals surface area contributed by atoms with Crippen molar-refractivity contribution in [2.45, 2.75) is 13.5 Å². The van der Waals surface area contributed by atoms with E-state index in [1.807, 2.05) is 30.3 Å². The van der Waals surface area contributed by atoms with E-state index in [-0.39, 0.29) is 0 Å². The van der Waals surface area contributed by atoms with Gasteiger partial charge < -0.3 is 9.15 Å². The Morgan fingerprint density at radius 1 is 1.10 bits per heavy atom. The zero-order chi connectivity index (χ0) is 14.7. The Kier molecular flexibility index (Phi) is 3.69. The Hall–Kier alpha value is -2.62. The average Bonchev–Trinajstić information content (AvgIpc) is 2.92. The van der Waals surface area contributed by atoms with Gasteiger partial charge in [-0.2, -0.15) is 0 Å². The van der Waals surface area contributed by atoms with Crippen LogP contribution in [-0.2, 0) is 6.61 Å².